The Kier molecular flexibility index (Phi) is 6.66. The van der Waals surface area contributed by atoms with Gasteiger partial charge in [-0.1, -0.05) is 19.1 Å². The molecule has 0 unspecified atom stereocenters. The monoisotopic (exact) mass is 437 g/mol. The van der Waals surface area contributed by atoms with E-state index in [1.54, 1.807) is 7.11 Å². The first-order valence-corrected chi connectivity index (χ1v) is 12.3. The molecule has 1 fully saturated rings. The van der Waals surface area contributed by atoms with Gasteiger partial charge in [0.15, 0.2) is 0 Å². The lowest BCUT2D eigenvalue weighted by Gasteiger charge is -2.51. The van der Waals surface area contributed by atoms with Gasteiger partial charge in [0.2, 0.25) is 0 Å². The maximum atomic E-state index is 13.2. The Bertz CT molecular complexity index is 962. The molecule has 2 aromatic rings. The van der Waals surface area contributed by atoms with Gasteiger partial charge in [-0.2, -0.15) is 0 Å². The summed E-state index contributed by atoms with van der Waals surface area (Å²) in [5.74, 6) is 1.60. The fraction of sp³-hybridized carbons (Fsp3) is 0.593. The zero-order chi connectivity index (χ0) is 22.9. The smallest absolute Gasteiger partial charge is 0.270 e. The number of aromatic amines is 1. The molecule has 0 radical (unpaired) electrons. The van der Waals surface area contributed by atoms with Crippen LogP contribution in [0.15, 0.2) is 24.3 Å². The molecule has 4 rings (SSSR count). The number of nitrogens with one attached hydrogen (secondary N) is 1. The van der Waals surface area contributed by atoms with E-state index in [2.05, 4.69) is 41.9 Å². The fourth-order valence-electron chi connectivity index (χ4n) is 6.14. The predicted molar refractivity (Wildman–Crippen MR) is 130 cm³/mol. The predicted octanol–water partition coefficient (Wildman–Crippen LogP) is 4.58. The number of H-pyrrole nitrogens is 1. The van der Waals surface area contributed by atoms with E-state index < -0.39 is 0 Å². The highest BCUT2D eigenvalue weighted by atomic mass is 16.5. The maximum Gasteiger partial charge on any atom is 0.270 e. The third-order valence-corrected chi connectivity index (χ3v) is 7.99. The topological polar surface area (TPSA) is 48.6 Å². The van der Waals surface area contributed by atoms with Crippen LogP contribution in [0, 0.1) is 12.8 Å². The SMILES string of the molecule is CCCN1CC[C@]2(c3cccc(OC)c3)Cc3[nH]c(C(=O)N(CC)CC)c(C)c3C[C@H]2C1. The largest absolute Gasteiger partial charge is 0.497 e. The van der Waals surface area contributed by atoms with Crippen LogP contribution in [-0.4, -0.2) is 60.5 Å². The number of hydrogen-bond donors (Lipinski definition) is 1. The van der Waals surface area contributed by atoms with Crippen LogP contribution in [0.4, 0.5) is 0 Å². The van der Waals surface area contributed by atoms with Gasteiger partial charge in [-0.05, 0) is 94.3 Å². The Hall–Kier alpha value is -2.27. The van der Waals surface area contributed by atoms with Crippen molar-refractivity contribution in [2.45, 2.75) is 58.8 Å². The first kappa shape index (κ1) is 22.9. The number of likely N-dealkylation sites (tertiary alicyclic amines) is 1. The average Bonchev–Trinajstić information content (AvgIpc) is 3.13. The number of hydrogen-bond acceptors (Lipinski definition) is 3. The number of ether oxygens (including phenoxy) is 1. The zero-order valence-electron chi connectivity index (χ0n) is 20.5. The number of carbonyl (C=O) groups excluding carboxylic acids is 1. The van der Waals surface area contributed by atoms with Crippen molar-refractivity contribution in [1.29, 1.82) is 0 Å². The number of benzene rings is 1. The van der Waals surface area contributed by atoms with Gasteiger partial charge in [0.1, 0.15) is 11.4 Å². The van der Waals surface area contributed by atoms with E-state index in [0.717, 1.165) is 69.0 Å². The highest BCUT2D eigenvalue weighted by Gasteiger charge is 2.48. The fourth-order valence-corrected chi connectivity index (χ4v) is 6.14. The van der Waals surface area contributed by atoms with Crippen LogP contribution >= 0.6 is 0 Å². The van der Waals surface area contributed by atoms with Crippen molar-refractivity contribution < 1.29 is 9.53 Å². The van der Waals surface area contributed by atoms with Crippen LogP contribution in [0.2, 0.25) is 0 Å². The first-order valence-electron chi connectivity index (χ1n) is 12.3. The summed E-state index contributed by atoms with van der Waals surface area (Å²) in [5.41, 5.74) is 6.06. The normalized spacial score (nSPS) is 22.8. The minimum absolute atomic E-state index is 0.0819. The van der Waals surface area contributed by atoms with Crippen molar-refractivity contribution in [2.24, 2.45) is 5.92 Å². The lowest BCUT2D eigenvalue weighted by Crippen LogP contribution is -2.53. The summed E-state index contributed by atoms with van der Waals surface area (Å²) in [4.78, 5) is 21.4. The standard InChI is InChI=1S/C27H39N3O2/c1-6-13-29-14-12-27(20-10-9-11-22(15-20)32-5)17-24-23(16-21(27)18-29)19(4)25(28-24)26(31)30(7-2)8-3/h9-11,15,21,28H,6-8,12-14,16-18H2,1-5H3/t21-,27+/m0/s1. The quantitative estimate of drug-likeness (QED) is 0.690. The minimum atomic E-state index is 0.0819. The summed E-state index contributed by atoms with van der Waals surface area (Å²) in [6.45, 7) is 13.4. The van der Waals surface area contributed by atoms with Gasteiger partial charge >= 0.3 is 0 Å². The van der Waals surface area contributed by atoms with Crippen molar-refractivity contribution in [3.05, 3.63) is 52.3 Å². The van der Waals surface area contributed by atoms with E-state index in [1.807, 2.05) is 24.8 Å². The van der Waals surface area contributed by atoms with Gasteiger partial charge in [0, 0.05) is 30.7 Å². The van der Waals surface area contributed by atoms with Crippen LogP contribution < -0.4 is 4.74 Å². The van der Waals surface area contributed by atoms with E-state index in [4.69, 9.17) is 4.74 Å². The van der Waals surface area contributed by atoms with Crippen molar-refractivity contribution in [1.82, 2.24) is 14.8 Å². The number of carbonyl (C=O) groups is 1. The third-order valence-electron chi connectivity index (χ3n) is 7.99. The van der Waals surface area contributed by atoms with Crippen molar-refractivity contribution in [3.8, 4) is 5.75 Å². The molecule has 2 atom stereocenters. The molecule has 2 heterocycles. The lowest BCUT2D eigenvalue weighted by molar-refractivity contribution is 0.0766. The number of amides is 1. The second-order valence-electron chi connectivity index (χ2n) is 9.58. The van der Waals surface area contributed by atoms with Crippen LogP contribution in [0.1, 0.15) is 66.5 Å². The zero-order valence-corrected chi connectivity index (χ0v) is 20.5. The van der Waals surface area contributed by atoms with Crippen molar-refractivity contribution >= 4 is 5.91 Å². The number of rotatable bonds is 7. The molecule has 2 aliphatic rings. The Morgan fingerprint density at radius 2 is 2.06 bits per heavy atom. The number of fused-ring (bicyclic) bond motifs is 2. The Morgan fingerprint density at radius 3 is 2.75 bits per heavy atom. The number of piperidine rings is 1. The molecule has 1 aromatic carbocycles. The number of aromatic nitrogens is 1. The molecule has 5 heteroatoms. The molecule has 1 aliphatic heterocycles. The van der Waals surface area contributed by atoms with Gasteiger partial charge in [-0.3, -0.25) is 4.79 Å². The molecular formula is C27H39N3O2. The van der Waals surface area contributed by atoms with Crippen LogP contribution in [0.25, 0.3) is 0 Å². The number of methoxy groups -OCH3 is 1. The minimum Gasteiger partial charge on any atom is -0.497 e. The average molecular weight is 438 g/mol. The summed E-state index contributed by atoms with van der Waals surface area (Å²) >= 11 is 0. The summed E-state index contributed by atoms with van der Waals surface area (Å²) in [5, 5.41) is 0. The molecule has 0 bridgehead atoms. The Morgan fingerprint density at radius 1 is 1.28 bits per heavy atom. The molecule has 1 aliphatic carbocycles. The summed E-state index contributed by atoms with van der Waals surface area (Å²) in [6, 6.07) is 8.69. The van der Waals surface area contributed by atoms with Gasteiger partial charge in [0.25, 0.3) is 5.91 Å². The first-order chi connectivity index (χ1) is 15.5. The van der Waals surface area contributed by atoms with E-state index in [0.29, 0.717) is 5.92 Å². The highest BCUT2D eigenvalue weighted by Crippen LogP contribution is 2.49. The molecule has 1 N–H and O–H groups in total. The molecule has 5 nitrogen and oxygen atoms in total. The van der Waals surface area contributed by atoms with E-state index in [-0.39, 0.29) is 11.3 Å². The molecule has 0 saturated carbocycles. The third kappa shape index (κ3) is 3.85. The molecule has 1 amide bonds. The summed E-state index contributed by atoms with van der Waals surface area (Å²) in [6.07, 6.45) is 4.32. The molecular weight excluding hydrogens is 398 g/mol. The van der Waals surface area contributed by atoms with Gasteiger partial charge in [-0.15, -0.1) is 0 Å². The Balaban J connectivity index is 1.76. The van der Waals surface area contributed by atoms with Crippen LogP contribution in [0.3, 0.4) is 0 Å². The second kappa shape index (κ2) is 9.30. The summed E-state index contributed by atoms with van der Waals surface area (Å²) < 4.78 is 5.59. The summed E-state index contributed by atoms with van der Waals surface area (Å²) in [7, 11) is 1.75. The van der Waals surface area contributed by atoms with Crippen LogP contribution in [-0.2, 0) is 18.3 Å². The molecule has 1 aromatic heterocycles. The molecule has 174 valence electrons. The van der Waals surface area contributed by atoms with Gasteiger partial charge in [0.05, 0.1) is 7.11 Å². The van der Waals surface area contributed by atoms with Crippen molar-refractivity contribution in [2.75, 3.05) is 39.8 Å². The van der Waals surface area contributed by atoms with Gasteiger partial charge < -0.3 is 19.5 Å². The lowest BCUT2D eigenvalue weighted by atomic mass is 9.58. The second-order valence-corrected chi connectivity index (χ2v) is 9.58. The number of nitrogens with zero attached hydrogens (tertiary/aromatic N) is 2. The molecule has 1 saturated heterocycles. The highest BCUT2D eigenvalue weighted by molar-refractivity contribution is 5.94. The van der Waals surface area contributed by atoms with Crippen LogP contribution in [0.5, 0.6) is 5.75 Å². The Labute approximate surface area is 193 Å². The van der Waals surface area contributed by atoms with Gasteiger partial charge in [-0.25, -0.2) is 0 Å². The molecule has 0 spiro atoms. The van der Waals surface area contributed by atoms with Crippen molar-refractivity contribution in [3.63, 3.8) is 0 Å². The maximum absolute atomic E-state index is 13.2. The van der Waals surface area contributed by atoms with E-state index >= 15 is 0 Å². The molecule has 32 heavy (non-hydrogen) atoms. The van der Waals surface area contributed by atoms with E-state index in [9.17, 15) is 4.79 Å². The van der Waals surface area contributed by atoms with E-state index in [1.165, 1.54) is 23.2 Å².